The third-order valence-corrected chi connectivity index (χ3v) is 6.93. The number of ether oxygens (including phenoxy) is 1. The van der Waals surface area contributed by atoms with Crippen LogP contribution in [0.15, 0.2) is 29.2 Å². The van der Waals surface area contributed by atoms with Gasteiger partial charge in [0.1, 0.15) is 10.5 Å². The molecular weight excluding hydrogens is 453 g/mol. The van der Waals surface area contributed by atoms with Crippen LogP contribution in [0.5, 0.6) is 0 Å². The number of likely N-dealkylation sites (tertiary alicyclic amines) is 1. The molecule has 0 radical (unpaired) electrons. The van der Waals surface area contributed by atoms with E-state index in [9.17, 15) is 22.8 Å². The molecule has 2 fully saturated rings. The summed E-state index contributed by atoms with van der Waals surface area (Å²) in [7, 11) is 0. The van der Waals surface area contributed by atoms with Gasteiger partial charge in [0.25, 0.3) is 5.91 Å². The number of nitrogens with zero attached hydrogens (tertiary/aromatic N) is 4. The summed E-state index contributed by atoms with van der Waals surface area (Å²) in [4.78, 5) is 28.9. The number of benzene rings is 1. The molecule has 0 atom stereocenters. The van der Waals surface area contributed by atoms with Gasteiger partial charge in [-0.1, -0.05) is 16.6 Å². The van der Waals surface area contributed by atoms with Crippen molar-refractivity contribution in [2.75, 3.05) is 19.6 Å². The zero-order valence-electron chi connectivity index (χ0n) is 16.5. The third-order valence-electron chi connectivity index (χ3n) is 5.38. The van der Waals surface area contributed by atoms with E-state index in [2.05, 4.69) is 9.59 Å². The molecule has 2 amide bonds. The summed E-state index contributed by atoms with van der Waals surface area (Å²) in [6.45, 7) is 3.30. The van der Waals surface area contributed by atoms with Crippen LogP contribution in [0.2, 0.25) is 0 Å². The molecule has 1 spiro atoms. The summed E-state index contributed by atoms with van der Waals surface area (Å²) in [6.07, 6.45) is 0.594. The molecule has 0 saturated carbocycles. The highest BCUT2D eigenvalue weighted by Crippen LogP contribution is 2.37. The molecule has 166 valence electrons. The Morgan fingerprint density at radius 1 is 1.26 bits per heavy atom. The Morgan fingerprint density at radius 3 is 2.52 bits per heavy atom. The van der Waals surface area contributed by atoms with E-state index < -0.39 is 17.2 Å². The summed E-state index contributed by atoms with van der Waals surface area (Å²) in [6, 6.07) is 5.95. The van der Waals surface area contributed by atoms with Gasteiger partial charge in [0, 0.05) is 37.4 Å². The standard InChI is InChI=1S/C19H19F3N4O3S2/c1-12-15(31-24-23-12)16(27)25-8-6-18(7-9-25)11-26(17(28)29-18)10-13-2-4-14(5-3-13)30-19(20,21)22/h2-5H,6-11H2,1H3. The summed E-state index contributed by atoms with van der Waals surface area (Å²) >= 11 is 0.899. The molecular formula is C19H19F3N4O3S2. The molecule has 0 aliphatic carbocycles. The summed E-state index contributed by atoms with van der Waals surface area (Å²) in [5, 5.41) is 3.87. The van der Waals surface area contributed by atoms with Gasteiger partial charge in [-0.25, -0.2) is 4.79 Å². The van der Waals surface area contributed by atoms with Gasteiger partial charge in [0.15, 0.2) is 0 Å². The van der Waals surface area contributed by atoms with E-state index in [4.69, 9.17) is 4.74 Å². The predicted molar refractivity (Wildman–Crippen MR) is 108 cm³/mol. The lowest BCUT2D eigenvalue weighted by Crippen LogP contribution is -2.48. The number of rotatable bonds is 4. The van der Waals surface area contributed by atoms with Crippen molar-refractivity contribution in [2.45, 2.75) is 42.3 Å². The molecule has 1 aromatic carbocycles. The maximum Gasteiger partial charge on any atom is 0.446 e. The van der Waals surface area contributed by atoms with Gasteiger partial charge in [-0.15, -0.1) is 5.10 Å². The minimum atomic E-state index is -4.34. The number of amides is 2. The van der Waals surface area contributed by atoms with Crippen LogP contribution in [0.1, 0.15) is 33.8 Å². The molecule has 31 heavy (non-hydrogen) atoms. The number of carbonyl (C=O) groups is 2. The zero-order valence-corrected chi connectivity index (χ0v) is 18.1. The van der Waals surface area contributed by atoms with Gasteiger partial charge in [-0.2, -0.15) is 13.2 Å². The first-order chi connectivity index (χ1) is 14.6. The Kier molecular flexibility index (Phi) is 5.86. The van der Waals surface area contributed by atoms with E-state index >= 15 is 0 Å². The van der Waals surface area contributed by atoms with Crippen LogP contribution in [0.4, 0.5) is 18.0 Å². The second-order valence-corrected chi connectivity index (χ2v) is 9.47. The van der Waals surface area contributed by atoms with Gasteiger partial charge < -0.3 is 9.64 Å². The number of thioether (sulfide) groups is 1. The van der Waals surface area contributed by atoms with Crippen molar-refractivity contribution < 1.29 is 27.5 Å². The van der Waals surface area contributed by atoms with Gasteiger partial charge >= 0.3 is 11.6 Å². The van der Waals surface area contributed by atoms with E-state index in [1.54, 1.807) is 28.9 Å². The molecule has 12 heteroatoms. The molecule has 0 N–H and O–H groups in total. The highest BCUT2D eigenvalue weighted by atomic mass is 32.2. The highest BCUT2D eigenvalue weighted by molar-refractivity contribution is 8.00. The average molecular weight is 473 g/mol. The lowest BCUT2D eigenvalue weighted by atomic mass is 9.91. The second kappa shape index (κ2) is 8.30. The van der Waals surface area contributed by atoms with Crippen LogP contribution in [-0.2, 0) is 11.3 Å². The van der Waals surface area contributed by atoms with E-state index in [0.29, 0.717) is 43.0 Å². The number of aromatic nitrogens is 2. The summed E-state index contributed by atoms with van der Waals surface area (Å²) in [5.41, 5.74) is -3.66. The van der Waals surface area contributed by atoms with Gasteiger partial charge in [0.2, 0.25) is 0 Å². The maximum atomic E-state index is 12.6. The van der Waals surface area contributed by atoms with Crippen molar-refractivity contribution in [3.05, 3.63) is 40.4 Å². The first-order valence-electron chi connectivity index (χ1n) is 9.55. The quantitative estimate of drug-likeness (QED) is 0.624. The number of hydrogen-bond acceptors (Lipinski definition) is 7. The SMILES string of the molecule is Cc1nnsc1C(=O)N1CCC2(CC1)CN(Cc1ccc(SC(F)(F)F)cc1)C(=O)O2. The van der Waals surface area contributed by atoms with Crippen LogP contribution in [0, 0.1) is 6.92 Å². The zero-order chi connectivity index (χ0) is 22.2. The fourth-order valence-electron chi connectivity index (χ4n) is 3.78. The van der Waals surface area contributed by atoms with E-state index in [1.165, 1.54) is 12.1 Å². The van der Waals surface area contributed by atoms with Crippen LogP contribution in [0.25, 0.3) is 0 Å². The van der Waals surface area contributed by atoms with Crippen LogP contribution >= 0.6 is 23.3 Å². The Balaban J connectivity index is 1.34. The Bertz CT molecular complexity index is 973. The maximum absolute atomic E-state index is 12.6. The monoisotopic (exact) mass is 472 g/mol. The third kappa shape index (κ3) is 4.95. The normalized spacial score (nSPS) is 18.5. The largest absolute Gasteiger partial charge is 0.446 e. The fraction of sp³-hybridized carbons (Fsp3) is 0.474. The topological polar surface area (TPSA) is 75.6 Å². The van der Waals surface area contributed by atoms with Crippen molar-refractivity contribution in [3.8, 4) is 0 Å². The molecule has 2 saturated heterocycles. The molecule has 0 bridgehead atoms. The minimum absolute atomic E-state index is 0.0973. The van der Waals surface area contributed by atoms with Crippen molar-refractivity contribution in [1.29, 1.82) is 0 Å². The molecule has 1 aromatic heterocycles. The minimum Gasteiger partial charge on any atom is -0.441 e. The average Bonchev–Trinajstić information content (AvgIpc) is 3.25. The van der Waals surface area contributed by atoms with E-state index in [1.807, 2.05) is 0 Å². The molecule has 2 aromatic rings. The predicted octanol–water partition coefficient (Wildman–Crippen LogP) is 4.09. The fourth-order valence-corrected chi connectivity index (χ4v) is 4.95. The summed E-state index contributed by atoms with van der Waals surface area (Å²) in [5.74, 6) is -0.111. The highest BCUT2D eigenvalue weighted by Gasteiger charge is 2.47. The first-order valence-corrected chi connectivity index (χ1v) is 11.1. The van der Waals surface area contributed by atoms with Gasteiger partial charge in [0.05, 0.1) is 12.2 Å². The smallest absolute Gasteiger partial charge is 0.441 e. The number of aryl methyl sites for hydroxylation is 1. The number of hydrogen-bond donors (Lipinski definition) is 0. The molecule has 2 aliphatic rings. The molecule has 4 rings (SSSR count). The Hall–Kier alpha value is -2.34. The van der Waals surface area contributed by atoms with Crippen molar-refractivity contribution in [3.63, 3.8) is 0 Å². The van der Waals surface area contributed by atoms with Gasteiger partial charge in [-0.05, 0) is 47.9 Å². The van der Waals surface area contributed by atoms with Crippen LogP contribution in [0.3, 0.4) is 0 Å². The van der Waals surface area contributed by atoms with Crippen LogP contribution < -0.4 is 0 Å². The molecule has 7 nitrogen and oxygen atoms in total. The Morgan fingerprint density at radius 2 is 1.94 bits per heavy atom. The number of alkyl halides is 3. The molecule has 0 unspecified atom stereocenters. The lowest BCUT2D eigenvalue weighted by molar-refractivity contribution is -0.0328. The lowest BCUT2D eigenvalue weighted by Gasteiger charge is -2.37. The van der Waals surface area contributed by atoms with Crippen molar-refractivity contribution in [2.24, 2.45) is 0 Å². The molecule has 3 heterocycles. The van der Waals surface area contributed by atoms with Crippen molar-refractivity contribution >= 4 is 35.3 Å². The first kappa shape index (κ1) is 21.9. The molecule has 2 aliphatic heterocycles. The number of carbonyl (C=O) groups excluding carboxylic acids is 2. The van der Waals surface area contributed by atoms with Crippen LogP contribution in [-0.4, -0.2) is 62.1 Å². The number of halogens is 3. The number of piperidine rings is 1. The Labute approximate surface area is 184 Å². The summed E-state index contributed by atoms with van der Waals surface area (Å²) < 4.78 is 46.9. The van der Waals surface area contributed by atoms with E-state index in [-0.39, 0.29) is 29.1 Å². The van der Waals surface area contributed by atoms with E-state index in [0.717, 1.165) is 17.1 Å². The second-order valence-electron chi connectivity index (χ2n) is 7.58. The van der Waals surface area contributed by atoms with Gasteiger partial charge in [-0.3, -0.25) is 9.69 Å². The van der Waals surface area contributed by atoms with Crippen molar-refractivity contribution in [1.82, 2.24) is 19.4 Å².